The molecule has 0 spiro atoms. The molecular formula is C20H35ClIN5O. The summed E-state index contributed by atoms with van der Waals surface area (Å²) in [6.45, 7) is 12.5. The first-order valence-corrected chi connectivity index (χ1v) is 10.2. The number of ether oxygens (including phenoxy) is 1. The van der Waals surface area contributed by atoms with Crippen LogP contribution in [0.3, 0.4) is 0 Å². The van der Waals surface area contributed by atoms with Gasteiger partial charge in [0.1, 0.15) is 12.4 Å². The van der Waals surface area contributed by atoms with Crippen molar-refractivity contribution in [3.8, 4) is 5.75 Å². The predicted octanol–water partition coefficient (Wildman–Crippen LogP) is 2.87. The SMILES string of the molecule is CCN1CCN(C(C)CNC(=NC)N(C)CCOc2ccc(Cl)cc2)CC1.I. The van der Waals surface area contributed by atoms with Gasteiger partial charge in [-0.3, -0.25) is 9.89 Å². The monoisotopic (exact) mass is 523 g/mol. The van der Waals surface area contributed by atoms with Crippen LogP contribution in [0.4, 0.5) is 0 Å². The van der Waals surface area contributed by atoms with Crippen LogP contribution in [-0.2, 0) is 0 Å². The van der Waals surface area contributed by atoms with Crippen molar-refractivity contribution < 1.29 is 4.74 Å². The first-order chi connectivity index (χ1) is 13.0. The molecule has 1 aliphatic heterocycles. The topological polar surface area (TPSA) is 43.3 Å². The fourth-order valence-corrected chi connectivity index (χ4v) is 3.34. The van der Waals surface area contributed by atoms with Crippen molar-refractivity contribution in [1.82, 2.24) is 20.0 Å². The Kier molecular flexibility index (Phi) is 12.1. The van der Waals surface area contributed by atoms with Crippen LogP contribution in [0.15, 0.2) is 29.3 Å². The third kappa shape index (κ3) is 8.31. The summed E-state index contributed by atoms with van der Waals surface area (Å²) in [4.78, 5) is 11.5. The van der Waals surface area contributed by atoms with Crippen molar-refractivity contribution in [3.63, 3.8) is 0 Å². The Morgan fingerprint density at radius 1 is 1.25 bits per heavy atom. The summed E-state index contributed by atoms with van der Waals surface area (Å²) in [5.41, 5.74) is 0. The summed E-state index contributed by atoms with van der Waals surface area (Å²) >= 11 is 5.89. The van der Waals surface area contributed by atoms with Gasteiger partial charge in [-0.15, -0.1) is 24.0 Å². The Balaban J connectivity index is 0.00000392. The van der Waals surface area contributed by atoms with Gasteiger partial charge in [-0.2, -0.15) is 0 Å². The molecule has 0 bridgehead atoms. The minimum atomic E-state index is 0. The summed E-state index contributed by atoms with van der Waals surface area (Å²) in [6, 6.07) is 7.93. The molecular weight excluding hydrogens is 489 g/mol. The number of halogens is 2. The van der Waals surface area contributed by atoms with Crippen LogP contribution in [0.25, 0.3) is 0 Å². The van der Waals surface area contributed by atoms with E-state index in [1.54, 1.807) is 0 Å². The van der Waals surface area contributed by atoms with Crippen molar-refractivity contribution in [2.45, 2.75) is 19.9 Å². The zero-order chi connectivity index (χ0) is 19.6. The van der Waals surface area contributed by atoms with Crippen LogP contribution in [0.5, 0.6) is 5.75 Å². The number of hydrogen-bond acceptors (Lipinski definition) is 4. The van der Waals surface area contributed by atoms with Crippen molar-refractivity contribution >= 4 is 41.5 Å². The lowest BCUT2D eigenvalue weighted by Gasteiger charge is -2.38. The maximum absolute atomic E-state index is 5.89. The molecule has 1 atom stereocenters. The normalized spacial score (nSPS) is 17.0. The lowest BCUT2D eigenvalue weighted by atomic mass is 10.2. The Morgan fingerprint density at radius 3 is 2.46 bits per heavy atom. The van der Waals surface area contributed by atoms with Gasteiger partial charge in [-0.1, -0.05) is 18.5 Å². The van der Waals surface area contributed by atoms with Crippen LogP contribution in [0, 0.1) is 0 Å². The molecule has 0 saturated carbocycles. The van der Waals surface area contributed by atoms with Gasteiger partial charge in [0.05, 0.1) is 6.54 Å². The molecule has 1 aromatic rings. The van der Waals surface area contributed by atoms with Gasteiger partial charge >= 0.3 is 0 Å². The van der Waals surface area contributed by atoms with E-state index in [1.165, 1.54) is 0 Å². The quantitative estimate of drug-likeness (QED) is 0.323. The fraction of sp³-hybridized carbons (Fsp3) is 0.650. The molecule has 28 heavy (non-hydrogen) atoms. The Morgan fingerprint density at radius 2 is 1.89 bits per heavy atom. The van der Waals surface area contributed by atoms with Gasteiger partial charge in [0.25, 0.3) is 0 Å². The summed E-state index contributed by atoms with van der Waals surface area (Å²) in [5, 5.41) is 4.21. The minimum absolute atomic E-state index is 0. The standard InChI is InChI=1S/C20H34ClN5O.HI/c1-5-25-10-12-26(13-11-25)17(2)16-23-20(22-3)24(4)14-15-27-19-8-6-18(21)7-9-19;/h6-9,17H,5,10-16H2,1-4H3,(H,22,23);1H. The molecule has 1 heterocycles. The highest BCUT2D eigenvalue weighted by Crippen LogP contribution is 2.15. The van der Waals surface area contributed by atoms with E-state index in [1.807, 2.05) is 38.4 Å². The average molecular weight is 524 g/mol. The van der Waals surface area contributed by atoms with Crippen LogP contribution in [0.2, 0.25) is 5.02 Å². The third-order valence-electron chi connectivity index (χ3n) is 5.12. The lowest BCUT2D eigenvalue weighted by molar-refractivity contribution is 0.107. The fourth-order valence-electron chi connectivity index (χ4n) is 3.21. The number of nitrogens with zero attached hydrogens (tertiary/aromatic N) is 4. The summed E-state index contributed by atoms with van der Waals surface area (Å²) < 4.78 is 5.77. The molecule has 6 nitrogen and oxygen atoms in total. The zero-order valence-corrected chi connectivity index (χ0v) is 20.6. The number of aliphatic imine (C=N–C) groups is 1. The van der Waals surface area contributed by atoms with E-state index in [4.69, 9.17) is 16.3 Å². The summed E-state index contributed by atoms with van der Waals surface area (Å²) in [6.07, 6.45) is 0. The van der Waals surface area contributed by atoms with Gasteiger partial charge in [0.15, 0.2) is 5.96 Å². The molecule has 2 rings (SSSR count). The molecule has 0 amide bonds. The van der Waals surface area contributed by atoms with E-state index >= 15 is 0 Å². The predicted molar refractivity (Wildman–Crippen MR) is 130 cm³/mol. The summed E-state index contributed by atoms with van der Waals surface area (Å²) in [7, 11) is 3.86. The zero-order valence-electron chi connectivity index (χ0n) is 17.5. The first-order valence-electron chi connectivity index (χ1n) is 9.80. The first kappa shape index (κ1) is 25.3. The highest BCUT2D eigenvalue weighted by atomic mass is 127. The molecule has 1 unspecified atom stereocenters. The Hall–Kier alpha value is -0.770. The second kappa shape index (κ2) is 13.5. The van der Waals surface area contributed by atoms with Crippen molar-refractivity contribution in [3.05, 3.63) is 29.3 Å². The molecule has 1 aromatic carbocycles. The number of piperazine rings is 1. The number of rotatable bonds is 8. The maximum Gasteiger partial charge on any atom is 0.193 e. The molecule has 160 valence electrons. The maximum atomic E-state index is 5.89. The molecule has 0 aromatic heterocycles. The molecule has 0 radical (unpaired) electrons. The van der Waals surface area contributed by atoms with E-state index in [9.17, 15) is 0 Å². The number of hydrogen-bond donors (Lipinski definition) is 1. The van der Waals surface area contributed by atoms with Crippen LogP contribution < -0.4 is 10.1 Å². The van der Waals surface area contributed by atoms with E-state index in [0.717, 1.165) is 57.5 Å². The van der Waals surface area contributed by atoms with Crippen molar-refractivity contribution in [1.29, 1.82) is 0 Å². The van der Waals surface area contributed by atoms with Gasteiger partial charge in [-0.25, -0.2) is 0 Å². The second-order valence-corrected chi connectivity index (χ2v) is 7.41. The highest BCUT2D eigenvalue weighted by Gasteiger charge is 2.20. The Bertz CT molecular complexity index is 578. The smallest absolute Gasteiger partial charge is 0.193 e. The van der Waals surface area contributed by atoms with Gasteiger partial charge < -0.3 is 19.9 Å². The minimum Gasteiger partial charge on any atom is -0.492 e. The van der Waals surface area contributed by atoms with Crippen molar-refractivity contribution in [2.24, 2.45) is 4.99 Å². The van der Waals surface area contributed by atoms with E-state index < -0.39 is 0 Å². The molecule has 8 heteroatoms. The number of guanidine groups is 1. The molecule has 1 aliphatic rings. The van der Waals surface area contributed by atoms with Gasteiger partial charge in [0, 0.05) is 57.9 Å². The number of likely N-dealkylation sites (N-methyl/N-ethyl adjacent to an activating group) is 2. The average Bonchev–Trinajstić information content (AvgIpc) is 2.70. The third-order valence-corrected chi connectivity index (χ3v) is 5.37. The molecule has 1 N–H and O–H groups in total. The Labute approximate surface area is 192 Å². The number of benzene rings is 1. The lowest BCUT2D eigenvalue weighted by Crippen LogP contribution is -2.53. The summed E-state index contributed by atoms with van der Waals surface area (Å²) in [5.74, 6) is 1.73. The molecule has 1 saturated heterocycles. The molecule has 0 aliphatic carbocycles. The largest absolute Gasteiger partial charge is 0.492 e. The number of nitrogens with one attached hydrogen (secondary N) is 1. The second-order valence-electron chi connectivity index (χ2n) is 6.97. The molecule has 1 fully saturated rings. The van der Waals surface area contributed by atoms with E-state index in [-0.39, 0.29) is 24.0 Å². The highest BCUT2D eigenvalue weighted by molar-refractivity contribution is 14.0. The van der Waals surface area contributed by atoms with E-state index in [0.29, 0.717) is 17.7 Å². The van der Waals surface area contributed by atoms with Gasteiger partial charge in [0.2, 0.25) is 0 Å². The van der Waals surface area contributed by atoms with Crippen molar-refractivity contribution in [2.75, 3.05) is 66.5 Å². The van der Waals surface area contributed by atoms with E-state index in [2.05, 4.69) is 38.9 Å². The van der Waals surface area contributed by atoms with Crippen LogP contribution in [0.1, 0.15) is 13.8 Å². The van der Waals surface area contributed by atoms with Crippen LogP contribution in [-0.4, -0.2) is 93.2 Å². The van der Waals surface area contributed by atoms with Crippen LogP contribution >= 0.6 is 35.6 Å². The van der Waals surface area contributed by atoms with Gasteiger partial charge in [-0.05, 0) is 37.7 Å².